The lowest BCUT2D eigenvalue weighted by atomic mass is 10.2. The molecule has 2 heterocycles. The summed E-state index contributed by atoms with van der Waals surface area (Å²) in [6, 6.07) is 6.98. The number of benzene rings is 1. The van der Waals surface area contributed by atoms with Crippen molar-refractivity contribution in [3.63, 3.8) is 0 Å². The summed E-state index contributed by atoms with van der Waals surface area (Å²) in [5.41, 5.74) is 2.42. The monoisotopic (exact) mass is 283 g/mol. The minimum atomic E-state index is -0.941. The highest BCUT2D eigenvalue weighted by atomic mass is 16.5. The zero-order valence-corrected chi connectivity index (χ0v) is 11.2. The van der Waals surface area contributed by atoms with Crippen LogP contribution in [0.15, 0.2) is 35.1 Å². The molecule has 1 aliphatic rings. The Hall–Kier alpha value is -2.63. The van der Waals surface area contributed by atoms with E-state index in [0.29, 0.717) is 18.0 Å². The van der Waals surface area contributed by atoms with Crippen molar-refractivity contribution in [2.45, 2.75) is 25.3 Å². The third-order valence-corrected chi connectivity index (χ3v) is 3.78. The van der Waals surface area contributed by atoms with Gasteiger partial charge in [-0.25, -0.2) is 9.78 Å². The lowest BCUT2D eigenvalue weighted by Gasteiger charge is -2.08. The number of para-hydroxylation sites is 1. The normalized spacial score (nSPS) is 14.7. The first-order chi connectivity index (χ1) is 10.2. The van der Waals surface area contributed by atoms with E-state index in [1.807, 2.05) is 10.6 Å². The van der Waals surface area contributed by atoms with Gasteiger partial charge in [0.15, 0.2) is 0 Å². The SMILES string of the molecule is O=C(O)c1cccc2nc(C3CC3)n(Cc3ccon3)c12. The van der Waals surface area contributed by atoms with Gasteiger partial charge >= 0.3 is 5.97 Å². The fourth-order valence-electron chi connectivity index (χ4n) is 2.67. The van der Waals surface area contributed by atoms with Gasteiger partial charge in [-0.15, -0.1) is 0 Å². The predicted molar refractivity (Wildman–Crippen MR) is 74.3 cm³/mol. The molecule has 0 amide bonds. The number of carbonyl (C=O) groups is 1. The predicted octanol–water partition coefficient (Wildman–Crippen LogP) is 2.65. The Bertz CT molecular complexity index is 816. The van der Waals surface area contributed by atoms with Crippen LogP contribution in [0.25, 0.3) is 11.0 Å². The molecule has 0 unspecified atom stereocenters. The standard InChI is InChI=1S/C15H13N3O3/c19-15(20)11-2-1-3-12-13(11)18(8-10-6-7-21-17-10)14(16-12)9-4-5-9/h1-3,6-7,9H,4-5,8H2,(H,19,20). The van der Waals surface area contributed by atoms with Crippen LogP contribution in [-0.2, 0) is 6.54 Å². The van der Waals surface area contributed by atoms with Crippen LogP contribution in [0.1, 0.15) is 40.6 Å². The van der Waals surface area contributed by atoms with Crippen LogP contribution in [0.4, 0.5) is 0 Å². The summed E-state index contributed by atoms with van der Waals surface area (Å²) in [4.78, 5) is 16.1. The molecule has 4 rings (SSSR count). The van der Waals surface area contributed by atoms with E-state index in [-0.39, 0.29) is 5.56 Å². The van der Waals surface area contributed by atoms with E-state index in [1.165, 1.54) is 6.26 Å². The maximum Gasteiger partial charge on any atom is 0.337 e. The highest BCUT2D eigenvalue weighted by molar-refractivity contribution is 6.01. The van der Waals surface area contributed by atoms with Crippen LogP contribution in [0.2, 0.25) is 0 Å². The Kier molecular flexibility index (Phi) is 2.57. The van der Waals surface area contributed by atoms with Crippen molar-refractivity contribution in [2.75, 3.05) is 0 Å². The van der Waals surface area contributed by atoms with Gasteiger partial charge in [-0.05, 0) is 25.0 Å². The van der Waals surface area contributed by atoms with Gasteiger partial charge < -0.3 is 14.2 Å². The number of hydrogen-bond donors (Lipinski definition) is 1. The lowest BCUT2D eigenvalue weighted by molar-refractivity contribution is 0.0698. The fourth-order valence-corrected chi connectivity index (χ4v) is 2.67. The molecule has 106 valence electrons. The fraction of sp³-hybridized carbons (Fsp3) is 0.267. The van der Waals surface area contributed by atoms with E-state index in [0.717, 1.165) is 29.9 Å². The number of imidazole rings is 1. The molecule has 6 nitrogen and oxygen atoms in total. The summed E-state index contributed by atoms with van der Waals surface area (Å²) in [5, 5.41) is 13.3. The highest BCUT2D eigenvalue weighted by Gasteiger charge is 2.31. The van der Waals surface area contributed by atoms with Crippen molar-refractivity contribution >= 4 is 17.0 Å². The molecule has 2 aromatic heterocycles. The minimum Gasteiger partial charge on any atom is -0.478 e. The molecule has 0 radical (unpaired) electrons. The van der Waals surface area contributed by atoms with Gasteiger partial charge in [-0.1, -0.05) is 11.2 Å². The third kappa shape index (κ3) is 1.99. The average molecular weight is 283 g/mol. The quantitative estimate of drug-likeness (QED) is 0.796. The van der Waals surface area contributed by atoms with Crippen LogP contribution >= 0.6 is 0 Å². The number of hydrogen-bond acceptors (Lipinski definition) is 4. The number of aromatic carboxylic acids is 1. The maximum atomic E-state index is 11.5. The van der Waals surface area contributed by atoms with Gasteiger partial charge in [-0.2, -0.15) is 0 Å². The van der Waals surface area contributed by atoms with Gasteiger partial charge in [0.1, 0.15) is 17.8 Å². The molecule has 1 saturated carbocycles. The van der Waals surface area contributed by atoms with Crippen molar-refractivity contribution in [1.82, 2.24) is 14.7 Å². The Morgan fingerprint density at radius 2 is 2.24 bits per heavy atom. The molecule has 0 spiro atoms. The van der Waals surface area contributed by atoms with E-state index in [2.05, 4.69) is 10.1 Å². The first kappa shape index (κ1) is 12.1. The summed E-state index contributed by atoms with van der Waals surface area (Å²) >= 11 is 0. The smallest absolute Gasteiger partial charge is 0.337 e. The summed E-state index contributed by atoms with van der Waals surface area (Å²) < 4.78 is 6.84. The number of carboxylic acid groups (broad SMARTS) is 1. The van der Waals surface area contributed by atoms with Crippen molar-refractivity contribution < 1.29 is 14.4 Å². The first-order valence-electron chi connectivity index (χ1n) is 6.86. The molecule has 0 aliphatic heterocycles. The second kappa shape index (κ2) is 4.44. The summed E-state index contributed by atoms with van der Waals surface area (Å²) in [6.07, 6.45) is 3.72. The van der Waals surface area contributed by atoms with E-state index < -0.39 is 5.97 Å². The molecular formula is C15H13N3O3. The van der Waals surface area contributed by atoms with E-state index >= 15 is 0 Å². The second-order valence-electron chi connectivity index (χ2n) is 5.30. The molecule has 1 aliphatic carbocycles. The Labute approximate surface area is 120 Å². The molecule has 0 bridgehead atoms. The van der Waals surface area contributed by atoms with Crippen LogP contribution in [0, 0.1) is 0 Å². The Morgan fingerprint density at radius 1 is 1.38 bits per heavy atom. The first-order valence-corrected chi connectivity index (χ1v) is 6.86. The number of carboxylic acids is 1. The van der Waals surface area contributed by atoms with Crippen molar-refractivity contribution in [3.05, 3.63) is 47.6 Å². The van der Waals surface area contributed by atoms with E-state index in [1.54, 1.807) is 18.2 Å². The Balaban J connectivity index is 1.95. The van der Waals surface area contributed by atoms with Crippen LogP contribution in [-0.4, -0.2) is 25.8 Å². The molecule has 1 aromatic carbocycles. The molecule has 0 saturated heterocycles. The number of nitrogens with zero attached hydrogens (tertiary/aromatic N) is 3. The number of fused-ring (bicyclic) bond motifs is 1. The zero-order chi connectivity index (χ0) is 14.4. The lowest BCUT2D eigenvalue weighted by Crippen LogP contribution is -2.08. The van der Waals surface area contributed by atoms with E-state index in [9.17, 15) is 9.90 Å². The highest BCUT2D eigenvalue weighted by Crippen LogP contribution is 2.41. The third-order valence-electron chi connectivity index (χ3n) is 3.78. The van der Waals surface area contributed by atoms with Crippen molar-refractivity contribution in [1.29, 1.82) is 0 Å². The van der Waals surface area contributed by atoms with Gasteiger partial charge in [0.2, 0.25) is 0 Å². The van der Waals surface area contributed by atoms with Gasteiger partial charge in [0.05, 0.1) is 23.1 Å². The minimum absolute atomic E-state index is 0.274. The number of aromatic nitrogens is 3. The molecule has 1 N–H and O–H groups in total. The molecule has 1 fully saturated rings. The summed E-state index contributed by atoms with van der Waals surface area (Å²) in [6.45, 7) is 0.475. The maximum absolute atomic E-state index is 11.5. The summed E-state index contributed by atoms with van der Waals surface area (Å²) in [5.74, 6) is 0.428. The molecular weight excluding hydrogens is 270 g/mol. The average Bonchev–Trinajstić information content (AvgIpc) is 3.07. The molecule has 0 atom stereocenters. The molecule has 6 heteroatoms. The van der Waals surface area contributed by atoms with E-state index in [4.69, 9.17) is 4.52 Å². The van der Waals surface area contributed by atoms with Gasteiger partial charge in [0, 0.05) is 12.0 Å². The van der Waals surface area contributed by atoms with Crippen LogP contribution < -0.4 is 0 Å². The van der Waals surface area contributed by atoms with Crippen LogP contribution in [0.5, 0.6) is 0 Å². The largest absolute Gasteiger partial charge is 0.478 e. The van der Waals surface area contributed by atoms with Gasteiger partial charge in [0.25, 0.3) is 0 Å². The molecule has 21 heavy (non-hydrogen) atoms. The summed E-state index contributed by atoms with van der Waals surface area (Å²) in [7, 11) is 0. The zero-order valence-electron chi connectivity index (χ0n) is 11.2. The molecule has 3 aromatic rings. The van der Waals surface area contributed by atoms with Crippen LogP contribution in [0.3, 0.4) is 0 Å². The second-order valence-corrected chi connectivity index (χ2v) is 5.30. The van der Waals surface area contributed by atoms with Crippen molar-refractivity contribution in [3.8, 4) is 0 Å². The van der Waals surface area contributed by atoms with Crippen molar-refractivity contribution in [2.24, 2.45) is 0 Å². The topological polar surface area (TPSA) is 81.1 Å². The number of rotatable bonds is 4. The Morgan fingerprint density at radius 3 is 2.90 bits per heavy atom. The van der Waals surface area contributed by atoms with Gasteiger partial charge in [-0.3, -0.25) is 0 Å².